The van der Waals surface area contributed by atoms with Crippen molar-refractivity contribution in [3.63, 3.8) is 0 Å². The summed E-state index contributed by atoms with van der Waals surface area (Å²) in [6.45, 7) is 19.3. The van der Waals surface area contributed by atoms with E-state index in [0.29, 0.717) is 51.0 Å². The number of nitrogens with zero attached hydrogens (tertiary/aromatic N) is 3. The van der Waals surface area contributed by atoms with Crippen molar-refractivity contribution in [1.29, 1.82) is 0 Å². The van der Waals surface area contributed by atoms with Crippen molar-refractivity contribution < 1.29 is 24.2 Å². The number of aliphatic hydroxyl groups is 1. The summed E-state index contributed by atoms with van der Waals surface area (Å²) < 4.78 is 12.1. The molecule has 392 valence electrons. The molecule has 2 atom stereocenters. The van der Waals surface area contributed by atoms with E-state index in [2.05, 4.69) is 42.4 Å². The summed E-state index contributed by atoms with van der Waals surface area (Å²) in [6.07, 6.45) is 46.5. The Morgan fingerprint density at radius 2 is 0.712 bits per heavy atom. The lowest BCUT2D eigenvalue weighted by atomic mass is 9.94. The van der Waals surface area contributed by atoms with Gasteiger partial charge in [0.05, 0.1) is 26.1 Å². The molecule has 0 amide bonds. The van der Waals surface area contributed by atoms with Gasteiger partial charge in [-0.2, -0.15) is 0 Å². The second-order valence-electron chi connectivity index (χ2n) is 20.9. The van der Waals surface area contributed by atoms with Gasteiger partial charge in [0.15, 0.2) is 0 Å². The lowest BCUT2D eigenvalue weighted by Gasteiger charge is -2.34. The van der Waals surface area contributed by atoms with Crippen molar-refractivity contribution in [2.45, 2.75) is 272 Å². The second kappa shape index (κ2) is 48.8. The van der Waals surface area contributed by atoms with Crippen molar-refractivity contribution in [3.8, 4) is 0 Å². The fourth-order valence-electron chi connectivity index (χ4n) is 9.94. The van der Waals surface area contributed by atoms with Gasteiger partial charge < -0.3 is 29.3 Å². The van der Waals surface area contributed by atoms with Gasteiger partial charge in [-0.1, -0.05) is 207 Å². The normalized spacial score (nSPS) is 14.6. The number of rotatable bonds is 51. The molecule has 0 aromatic rings. The van der Waals surface area contributed by atoms with Gasteiger partial charge >= 0.3 is 11.9 Å². The van der Waals surface area contributed by atoms with Crippen molar-refractivity contribution in [2.75, 3.05) is 78.7 Å². The molecule has 0 bridgehead atoms. The van der Waals surface area contributed by atoms with Crippen molar-refractivity contribution in [3.05, 3.63) is 0 Å². The molecule has 1 fully saturated rings. The molecule has 0 saturated carbocycles. The Morgan fingerprint density at radius 3 is 1.03 bits per heavy atom. The maximum absolute atomic E-state index is 13.3. The van der Waals surface area contributed by atoms with E-state index in [1.54, 1.807) is 0 Å². The quantitative estimate of drug-likeness (QED) is 0.0477. The summed E-state index contributed by atoms with van der Waals surface area (Å²) >= 11 is 0. The monoisotopic (exact) mass is 934 g/mol. The molecule has 0 radical (unpaired) electrons. The van der Waals surface area contributed by atoms with E-state index in [-0.39, 0.29) is 18.5 Å². The van der Waals surface area contributed by atoms with E-state index in [1.165, 1.54) is 205 Å². The Labute approximate surface area is 411 Å². The van der Waals surface area contributed by atoms with Crippen LogP contribution in [-0.4, -0.2) is 110 Å². The largest absolute Gasteiger partial charge is 0.465 e. The van der Waals surface area contributed by atoms with Gasteiger partial charge in [-0.15, -0.1) is 0 Å². The highest BCUT2D eigenvalue weighted by atomic mass is 16.5. The van der Waals surface area contributed by atoms with Crippen LogP contribution in [0.4, 0.5) is 0 Å². The molecule has 0 aliphatic carbocycles. The molecule has 1 heterocycles. The summed E-state index contributed by atoms with van der Waals surface area (Å²) in [5.41, 5.74) is 0. The first kappa shape index (κ1) is 62.8. The maximum Gasteiger partial charge on any atom is 0.307 e. The molecule has 0 aromatic heterocycles. The zero-order valence-electron chi connectivity index (χ0n) is 44.9. The van der Waals surface area contributed by atoms with Crippen LogP contribution in [0.1, 0.15) is 272 Å². The van der Waals surface area contributed by atoms with Gasteiger partial charge in [0.2, 0.25) is 0 Å². The molecule has 1 aliphatic heterocycles. The van der Waals surface area contributed by atoms with E-state index >= 15 is 0 Å². The van der Waals surface area contributed by atoms with Crippen LogP contribution in [0, 0.1) is 11.8 Å². The molecule has 8 heteroatoms. The second-order valence-corrected chi connectivity index (χ2v) is 20.9. The van der Waals surface area contributed by atoms with E-state index in [4.69, 9.17) is 14.6 Å². The first-order chi connectivity index (χ1) is 32.4. The van der Waals surface area contributed by atoms with E-state index in [9.17, 15) is 9.59 Å². The predicted molar refractivity (Wildman–Crippen MR) is 283 cm³/mol. The molecule has 8 nitrogen and oxygen atoms in total. The van der Waals surface area contributed by atoms with Gasteiger partial charge in [-0.3, -0.25) is 9.59 Å². The number of hydrogen-bond acceptors (Lipinski definition) is 8. The summed E-state index contributed by atoms with van der Waals surface area (Å²) in [6, 6.07) is 0. The lowest BCUT2D eigenvalue weighted by Crippen LogP contribution is -2.46. The highest BCUT2D eigenvalue weighted by molar-refractivity contribution is 5.70. The van der Waals surface area contributed by atoms with Crippen LogP contribution in [0.5, 0.6) is 0 Å². The Bertz CT molecular complexity index is 963. The number of ether oxygens (including phenoxy) is 2. The van der Waals surface area contributed by atoms with E-state index in [0.717, 1.165) is 71.5 Å². The average molecular weight is 935 g/mol. The highest BCUT2D eigenvalue weighted by Crippen LogP contribution is 2.22. The summed E-state index contributed by atoms with van der Waals surface area (Å²) in [5, 5.41) is 9.16. The first-order valence-electron chi connectivity index (χ1n) is 29.5. The number of carbonyl (C=O) groups is 2. The van der Waals surface area contributed by atoms with Crippen LogP contribution in [0.2, 0.25) is 0 Å². The number of esters is 2. The minimum atomic E-state index is -0.0817. The van der Waals surface area contributed by atoms with Gasteiger partial charge in [0, 0.05) is 45.9 Å². The minimum absolute atomic E-state index is 0.0817. The maximum atomic E-state index is 13.3. The molecular weight excluding hydrogens is 819 g/mol. The molecular formula is C58H115N3O5. The minimum Gasteiger partial charge on any atom is -0.465 e. The van der Waals surface area contributed by atoms with Crippen molar-refractivity contribution >= 4 is 11.9 Å². The van der Waals surface area contributed by atoms with Gasteiger partial charge in [-0.05, 0) is 82.8 Å². The van der Waals surface area contributed by atoms with E-state index in [1.807, 2.05) is 0 Å². The van der Waals surface area contributed by atoms with Gasteiger partial charge in [0.1, 0.15) is 0 Å². The van der Waals surface area contributed by atoms with E-state index < -0.39 is 0 Å². The summed E-state index contributed by atoms with van der Waals surface area (Å²) in [7, 11) is 0. The number of aliphatic hydroxyl groups excluding tert-OH is 1. The third-order valence-corrected chi connectivity index (χ3v) is 14.6. The zero-order valence-corrected chi connectivity index (χ0v) is 44.9. The lowest BCUT2D eigenvalue weighted by molar-refractivity contribution is -0.145. The van der Waals surface area contributed by atoms with Crippen molar-refractivity contribution in [2.24, 2.45) is 11.8 Å². The summed E-state index contributed by atoms with van der Waals surface area (Å²) in [5.74, 6) is 0.770. The molecule has 1 rings (SSSR count). The Kier molecular flexibility index (Phi) is 46.4. The zero-order chi connectivity index (χ0) is 47.8. The molecule has 0 aromatic carbocycles. The first-order valence-corrected chi connectivity index (χ1v) is 29.5. The molecule has 1 aliphatic rings. The summed E-state index contributed by atoms with van der Waals surface area (Å²) in [4.78, 5) is 34.2. The standard InChI is InChI=1S/C58H115N3O5/c1-5-9-13-17-21-23-27-31-39-55(37-29-25-19-15-11-7-3)53-65-57(63)41-46-59(43-33-34-44-60-48-50-61(51-49-60)45-35-36-52-62)47-42-58(64)66-54-56(38-30-26-20-16-12-8-4)40-32-28-24-22-18-14-10-6-2/h55-56,62H,5-54H2,1-4H3. The number of unbranched alkanes of at least 4 members (excludes halogenated alkanes) is 26. The predicted octanol–water partition coefficient (Wildman–Crippen LogP) is 15.1. The third kappa shape index (κ3) is 40.6. The topological polar surface area (TPSA) is 82.5 Å². The number of carbonyl (C=O) groups excluding carboxylic acids is 2. The smallest absolute Gasteiger partial charge is 0.307 e. The fraction of sp³-hybridized carbons (Fsp3) is 0.966. The number of hydrogen-bond donors (Lipinski definition) is 1. The Morgan fingerprint density at radius 1 is 0.409 bits per heavy atom. The SMILES string of the molecule is CCCCCCCCCCC(CCCCCCCC)COC(=O)CCN(CCCCN1CCN(CCCCO)CC1)CCC(=O)OCC(CCCCCCCC)CCCCCCCCCC. The van der Waals surface area contributed by atoms with Crippen LogP contribution in [-0.2, 0) is 19.1 Å². The Hall–Kier alpha value is -1.22. The number of piperazine rings is 1. The molecule has 1 saturated heterocycles. The molecule has 66 heavy (non-hydrogen) atoms. The molecule has 0 spiro atoms. The fourth-order valence-corrected chi connectivity index (χ4v) is 9.94. The van der Waals surface area contributed by atoms with Gasteiger partial charge in [0.25, 0.3) is 0 Å². The highest BCUT2D eigenvalue weighted by Gasteiger charge is 2.19. The van der Waals surface area contributed by atoms with Crippen LogP contribution in [0.3, 0.4) is 0 Å². The average Bonchev–Trinajstić information content (AvgIpc) is 3.33. The third-order valence-electron chi connectivity index (χ3n) is 14.6. The van der Waals surface area contributed by atoms with Crippen molar-refractivity contribution in [1.82, 2.24) is 14.7 Å². The van der Waals surface area contributed by atoms with Gasteiger partial charge in [-0.25, -0.2) is 0 Å². The van der Waals surface area contributed by atoms with Crippen LogP contribution in [0.15, 0.2) is 0 Å². The van der Waals surface area contributed by atoms with Crippen LogP contribution < -0.4 is 0 Å². The molecule has 2 unspecified atom stereocenters. The van der Waals surface area contributed by atoms with Crippen LogP contribution in [0.25, 0.3) is 0 Å². The Balaban J connectivity index is 2.74. The van der Waals surface area contributed by atoms with Crippen LogP contribution >= 0.6 is 0 Å². The molecule has 1 N–H and O–H groups in total.